The number of alkyl halides is 1. The van der Waals surface area contributed by atoms with E-state index in [4.69, 9.17) is 11.6 Å². The first-order valence-corrected chi connectivity index (χ1v) is 14.0. The third-order valence-electron chi connectivity index (χ3n) is 7.71. The largest absolute Gasteiger partial charge is 0.322 e. The zero-order valence-electron chi connectivity index (χ0n) is 22.1. The zero-order chi connectivity index (χ0) is 27.6. The Morgan fingerprint density at radius 1 is 1.05 bits per heavy atom. The van der Waals surface area contributed by atoms with Crippen molar-refractivity contribution in [3.63, 3.8) is 0 Å². The second-order valence-corrected chi connectivity index (χ2v) is 11.1. The Labute approximate surface area is 237 Å². The number of nitrogens with one attached hydrogen (secondary N) is 1. The zero-order valence-corrected chi connectivity index (χ0v) is 22.8. The first-order chi connectivity index (χ1) is 19.4. The first-order valence-electron chi connectivity index (χ1n) is 13.6. The predicted molar refractivity (Wildman–Crippen MR) is 154 cm³/mol. The highest BCUT2D eigenvalue weighted by Gasteiger charge is 2.24. The molecule has 3 aliphatic rings. The van der Waals surface area contributed by atoms with Crippen LogP contribution in [0.5, 0.6) is 0 Å². The summed E-state index contributed by atoms with van der Waals surface area (Å²) in [5, 5.41) is 7.92. The molecule has 1 aromatic heterocycles. The minimum absolute atomic E-state index is 0.0437. The van der Waals surface area contributed by atoms with Crippen LogP contribution in [0.4, 0.5) is 4.39 Å². The number of halogens is 2. The number of aromatic nitrogens is 2. The highest BCUT2D eigenvalue weighted by Crippen LogP contribution is 2.33. The van der Waals surface area contributed by atoms with Crippen LogP contribution in [0.2, 0.25) is 5.02 Å². The van der Waals surface area contributed by atoms with Gasteiger partial charge in [0.15, 0.2) is 5.78 Å². The number of allylic oxidation sites excluding steroid dienone is 4. The minimum Gasteiger partial charge on any atom is -0.322 e. The predicted octanol–water partition coefficient (Wildman–Crippen LogP) is 5.67. The molecule has 1 fully saturated rings. The van der Waals surface area contributed by atoms with Gasteiger partial charge in [0, 0.05) is 48.5 Å². The van der Waals surface area contributed by atoms with E-state index in [2.05, 4.69) is 39.6 Å². The molecule has 0 saturated carbocycles. The van der Waals surface area contributed by atoms with Gasteiger partial charge in [-0.05, 0) is 65.3 Å². The van der Waals surface area contributed by atoms with Crippen LogP contribution in [0.1, 0.15) is 51.9 Å². The number of carbonyl (C=O) groups is 2. The van der Waals surface area contributed by atoms with Crippen LogP contribution in [0, 0.1) is 0 Å². The molecular weight excluding hydrogens is 527 g/mol. The molecule has 0 radical (unpaired) electrons. The Morgan fingerprint density at radius 3 is 2.62 bits per heavy atom. The Balaban J connectivity index is 1.11. The molecule has 1 N–H and O–H groups in total. The van der Waals surface area contributed by atoms with Gasteiger partial charge >= 0.3 is 0 Å². The lowest BCUT2D eigenvalue weighted by molar-refractivity contribution is -0.114. The van der Waals surface area contributed by atoms with Crippen LogP contribution in [0.25, 0.3) is 6.08 Å². The molecule has 3 aromatic rings. The van der Waals surface area contributed by atoms with Gasteiger partial charge in [0.1, 0.15) is 6.17 Å². The van der Waals surface area contributed by atoms with Crippen molar-refractivity contribution in [3.05, 3.63) is 117 Å². The summed E-state index contributed by atoms with van der Waals surface area (Å²) in [6, 6.07) is 13.9. The van der Waals surface area contributed by atoms with E-state index in [9.17, 15) is 14.0 Å². The summed E-state index contributed by atoms with van der Waals surface area (Å²) in [5.41, 5.74) is 7.18. The van der Waals surface area contributed by atoms with Crippen molar-refractivity contribution in [3.8, 4) is 0 Å². The average Bonchev–Trinajstić information content (AvgIpc) is 3.59. The lowest BCUT2D eigenvalue weighted by Crippen LogP contribution is -2.33. The average molecular weight is 557 g/mol. The number of piperidine rings is 1. The van der Waals surface area contributed by atoms with Crippen LogP contribution in [-0.4, -0.2) is 45.6 Å². The van der Waals surface area contributed by atoms with Gasteiger partial charge in [-0.25, -0.2) is 4.39 Å². The number of fused-ring (bicyclic) bond motifs is 1. The van der Waals surface area contributed by atoms with E-state index in [1.165, 1.54) is 17.3 Å². The van der Waals surface area contributed by atoms with Crippen molar-refractivity contribution in [1.29, 1.82) is 0 Å². The van der Waals surface area contributed by atoms with Gasteiger partial charge in [-0.1, -0.05) is 54.1 Å². The normalized spacial score (nSPS) is 17.8. The summed E-state index contributed by atoms with van der Waals surface area (Å²) >= 11 is 5.96. The number of likely N-dealkylation sites (tertiary alicyclic amines) is 1. The quantitative estimate of drug-likeness (QED) is 0.407. The van der Waals surface area contributed by atoms with Crippen molar-refractivity contribution >= 4 is 29.4 Å². The number of carbonyl (C=O) groups excluding carboxylic acids is 2. The highest BCUT2D eigenvalue weighted by atomic mass is 35.5. The summed E-state index contributed by atoms with van der Waals surface area (Å²) in [6.07, 6.45) is 10.3. The van der Waals surface area contributed by atoms with Crippen molar-refractivity contribution in [2.45, 2.75) is 44.9 Å². The summed E-state index contributed by atoms with van der Waals surface area (Å²) in [6.45, 7) is 2.90. The number of ketones is 1. The maximum atomic E-state index is 13.5. The molecule has 2 aromatic carbocycles. The molecule has 8 heteroatoms. The Hall–Kier alpha value is -3.81. The molecular formula is C32H30ClFN4O2. The monoisotopic (exact) mass is 556 g/mol. The van der Waals surface area contributed by atoms with Gasteiger partial charge in [-0.3, -0.25) is 19.2 Å². The van der Waals surface area contributed by atoms with Crippen LogP contribution in [-0.2, 0) is 24.3 Å². The van der Waals surface area contributed by atoms with Crippen molar-refractivity contribution in [2.24, 2.45) is 0 Å². The van der Waals surface area contributed by atoms with E-state index < -0.39 is 6.17 Å². The molecule has 40 heavy (non-hydrogen) atoms. The number of hydrogen-bond donors (Lipinski definition) is 1. The molecule has 1 saturated heterocycles. The number of amides is 1. The highest BCUT2D eigenvalue weighted by molar-refractivity contribution is 6.30. The van der Waals surface area contributed by atoms with E-state index >= 15 is 0 Å². The van der Waals surface area contributed by atoms with Crippen LogP contribution >= 0.6 is 11.6 Å². The second kappa shape index (κ2) is 11.4. The van der Waals surface area contributed by atoms with E-state index in [-0.39, 0.29) is 18.1 Å². The lowest BCUT2D eigenvalue weighted by Gasteiger charge is -2.28. The number of hydrogen-bond acceptors (Lipinski definition) is 4. The SMILES string of the molecule is O=C1CC=C(NC(=O)c2cnn(Cc3ccc(Cl)cc3)c2)C=C1C1=Cc2cc(CN3CCC(F)CC3)ccc2C1. The smallest absolute Gasteiger partial charge is 0.258 e. The first kappa shape index (κ1) is 26.4. The van der Waals surface area contributed by atoms with E-state index in [1.807, 2.05) is 24.3 Å². The number of nitrogens with zero attached hydrogens (tertiary/aromatic N) is 3. The fourth-order valence-corrected chi connectivity index (χ4v) is 5.61. The van der Waals surface area contributed by atoms with Crippen molar-refractivity contribution < 1.29 is 14.0 Å². The molecule has 2 heterocycles. The minimum atomic E-state index is -0.676. The third kappa shape index (κ3) is 6.01. The molecule has 2 aliphatic carbocycles. The van der Waals surface area contributed by atoms with Crippen LogP contribution in [0.3, 0.4) is 0 Å². The summed E-state index contributed by atoms with van der Waals surface area (Å²) in [4.78, 5) is 28.1. The summed E-state index contributed by atoms with van der Waals surface area (Å²) in [5.74, 6) is -0.231. The maximum Gasteiger partial charge on any atom is 0.258 e. The molecule has 0 spiro atoms. The number of rotatable bonds is 7. The van der Waals surface area contributed by atoms with Gasteiger partial charge < -0.3 is 5.32 Å². The molecule has 0 unspecified atom stereocenters. The van der Waals surface area contributed by atoms with Crippen LogP contribution < -0.4 is 5.32 Å². The standard InChI is InChI=1S/C32H30ClFN4O2/c33-27-5-2-21(3-6-27)19-38-20-26(17-35-38)32(40)36-29-7-8-31(39)30(16-29)25-14-23-4-1-22(13-24(23)15-25)18-37-11-9-28(34)10-12-37/h1-7,13,15-17,20,28H,8-12,14,18-19H2,(H,36,40). The Bertz CT molecular complexity index is 1550. The Kier molecular flexibility index (Phi) is 7.50. The summed E-state index contributed by atoms with van der Waals surface area (Å²) < 4.78 is 15.2. The topological polar surface area (TPSA) is 67.2 Å². The molecule has 6 nitrogen and oxygen atoms in total. The van der Waals surface area contributed by atoms with E-state index in [1.54, 1.807) is 23.0 Å². The molecule has 0 atom stereocenters. The Morgan fingerprint density at radius 2 is 1.82 bits per heavy atom. The van der Waals surface area contributed by atoms with Gasteiger partial charge in [-0.2, -0.15) is 5.10 Å². The molecule has 1 amide bonds. The van der Waals surface area contributed by atoms with E-state index in [0.29, 0.717) is 47.7 Å². The van der Waals surface area contributed by atoms with Gasteiger partial charge in [0.05, 0.1) is 18.3 Å². The summed E-state index contributed by atoms with van der Waals surface area (Å²) in [7, 11) is 0. The maximum absolute atomic E-state index is 13.5. The third-order valence-corrected chi connectivity index (χ3v) is 7.96. The van der Waals surface area contributed by atoms with Gasteiger partial charge in [0.2, 0.25) is 0 Å². The molecule has 0 bridgehead atoms. The molecule has 204 valence electrons. The molecule has 1 aliphatic heterocycles. The van der Waals surface area contributed by atoms with Gasteiger partial charge in [-0.15, -0.1) is 0 Å². The molecule has 6 rings (SSSR count). The fraction of sp³-hybridized carbons (Fsp3) is 0.281. The van der Waals surface area contributed by atoms with E-state index in [0.717, 1.165) is 36.3 Å². The fourth-order valence-electron chi connectivity index (χ4n) is 5.49. The van der Waals surface area contributed by atoms with Crippen molar-refractivity contribution in [2.75, 3.05) is 13.1 Å². The number of benzene rings is 2. The second-order valence-electron chi connectivity index (χ2n) is 10.7. The van der Waals surface area contributed by atoms with Gasteiger partial charge in [0.25, 0.3) is 5.91 Å². The van der Waals surface area contributed by atoms with Crippen molar-refractivity contribution in [1.82, 2.24) is 20.0 Å². The number of Topliss-reactive ketones (excluding diaryl/α,β-unsaturated/α-hetero) is 1. The van der Waals surface area contributed by atoms with Crippen LogP contribution in [0.15, 0.2) is 83.9 Å². The lowest BCUT2D eigenvalue weighted by atomic mass is 9.93.